The van der Waals surface area contributed by atoms with Crippen molar-refractivity contribution in [1.82, 2.24) is 4.57 Å². The van der Waals surface area contributed by atoms with E-state index in [0.29, 0.717) is 0 Å². The van der Waals surface area contributed by atoms with E-state index in [2.05, 4.69) is 67.8 Å². The zero-order valence-electron chi connectivity index (χ0n) is 18.2. The average Bonchev–Trinajstić information content (AvgIpc) is 3.12. The zero-order chi connectivity index (χ0) is 22.0. The van der Waals surface area contributed by atoms with Crippen molar-refractivity contribution >= 4 is 5.97 Å². The summed E-state index contributed by atoms with van der Waals surface area (Å²) in [5, 5.41) is 9.57. The highest BCUT2D eigenvalue weighted by Gasteiger charge is 2.23. The molecular weight excluding hydrogens is 382 g/mol. The normalized spacial score (nSPS) is 11.5. The number of hydrogen-bond acceptors (Lipinski definition) is 1. The van der Waals surface area contributed by atoms with Crippen LogP contribution in [0.4, 0.5) is 0 Å². The molecule has 4 rings (SSSR count). The fourth-order valence-electron chi connectivity index (χ4n) is 3.99. The Morgan fingerprint density at radius 2 is 1.42 bits per heavy atom. The molecule has 0 saturated heterocycles. The molecule has 3 aromatic carbocycles. The molecule has 1 aromatic heterocycles. The summed E-state index contributed by atoms with van der Waals surface area (Å²) in [6, 6.07) is 30.1. The molecule has 31 heavy (non-hydrogen) atoms. The molecule has 0 aliphatic rings. The molecular formula is C28H27NO2. The molecule has 0 spiro atoms. The van der Waals surface area contributed by atoms with E-state index in [9.17, 15) is 9.90 Å². The van der Waals surface area contributed by atoms with Crippen molar-refractivity contribution in [1.29, 1.82) is 0 Å². The van der Waals surface area contributed by atoms with Crippen LogP contribution in [0.1, 0.15) is 36.8 Å². The number of carboxylic acids is 1. The van der Waals surface area contributed by atoms with Crippen molar-refractivity contribution in [2.24, 2.45) is 5.41 Å². The minimum atomic E-state index is -0.920. The Kier molecular flexibility index (Phi) is 5.51. The number of hydrogen-bond donors (Lipinski definition) is 1. The van der Waals surface area contributed by atoms with E-state index in [-0.39, 0.29) is 11.0 Å². The van der Waals surface area contributed by atoms with Gasteiger partial charge in [-0.3, -0.25) is 0 Å². The predicted molar refractivity (Wildman–Crippen MR) is 127 cm³/mol. The lowest BCUT2D eigenvalue weighted by Gasteiger charge is -2.23. The average molecular weight is 410 g/mol. The molecule has 0 unspecified atom stereocenters. The second kappa shape index (κ2) is 8.27. The highest BCUT2D eigenvalue weighted by atomic mass is 16.4. The predicted octanol–water partition coefficient (Wildman–Crippen LogP) is 7.10. The topological polar surface area (TPSA) is 42.2 Å². The van der Waals surface area contributed by atoms with Crippen molar-refractivity contribution in [3.63, 3.8) is 0 Å². The minimum absolute atomic E-state index is 0.0536. The molecule has 0 saturated carbocycles. The summed E-state index contributed by atoms with van der Waals surface area (Å²) in [6.45, 7) is 6.69. The van der Waals surface area contributed by atoms with Crippen LogP contribution in [-0.2, 0) is 6.42 Å². The van der Waals surface area contributed by atoms with Gasteiger partial charge in [-0.2, -0.15) is 0 Å². The molecule has 4 aromatic rings. The summed E-state index contributed by atoms with van der Waals surface area (Å²) in [6.07, 6.45) is 0.849. The summed E-state index contributed by atoms with van der Waals surface area (Å²) >= 11 is 0. The molecule has 3 heteroatoms. The van der Waals surface area contributed by atoms with Crippen molar-refractivity contribution in [3.8, 4) is 28.1 Å². The fourth-order valence-corrected chi connectivity index (χ4v) is 3.99. The zero-order valence-corrected chi connectivity index (χ0v) is 18.2. The molecule has 0 aliphatic heterocycles. The van der Waals surface area contributed by atoms with Crippen molar-refractivity contribution in [2.45, 2.75) is 27.2 Å². The highest BCUT2D eigenvalue weighted by molar-refractivity contribution is 5.88. The number of nitrogens with zero attached hydrogens (tertiary/aromatic N) is 1. The Morgan fingerprint density at radius 3 is 2.00 bits per heavy atom. The van der Waals surface area contributed by atoms with Gasteiger partial charge in [0.1, 0.15) is 0 Å². The Morgan fingerprint density at radius 1 is 0.806 bits per heavy atom. The van der Waals surface area contributed by atoms with Crippen LogP contribution < -0.4 is 0 Å². The lowest BCUT2D eigenvalue weighted by atomic mass is 9.88. The summed E-state index contributed by atoms with van der Waals surface area (Å²) in [5.74, 6) is -0.920. The van der Waals surface area contributed by atoms with E-state index >= 15 is 0 Å². The van der Waals surface area contributed by atoms with Crippen LogP contribution in [-0.4, -0.2) is 15.6 Å². The molecule has 0 fully saturated rings. The van der Waals surface area contributed by atoms with Crippen LogP contribution in [0.3, 0.4) is 0 Å². The Hall–Kier alpha value is -3.59. The van der Waals surface area contributed by atoms with Crippen LogP contribution in [0.5, 0.6) is 0 Å². The SMILES string of the molecule is CC(C)(C)Cc1c(-c2ccccc2)cc(-c2ccccc2)n1-c1cccc(C(=O)O)c1. The van der Waals surface area contributed by atoms with Crippen molar-refractivity contribution in [3.05, 3.63) is 102 Å². The van der Waals surface area contributed by atoms with E-state index < -0.39 is 5.97 Å². The van der Waals surface area contributed by atoms with Gasteiger partial charge in [0.2, 0.25) is 0 Å². The molecule has 0 atom stereocenters. The summed E-state index contributed by atoms with van der Waals surface area (Å²) in [7, 11) is 0. The molecule has 0 radical (unpaired) electrons. The number of rotatable bonds is 5. The van der Waals surface area contributed by atoms with Gasteiger partial charge in [0.25, 0.3) is 0 Å². The maximum atomic E-state index is 11.7. The van der Waals surface area contributed by atoms with E-state index in [0.717, 1.165) is 28.9 Å². The largest absolute Gasteiger partial charge is 0.478 e. The first-order valence-electron chi connectivity index (χ1n) is 10.5. The Labute approximate surface area is 183 Å². The van der Waals surface area contributed by atoms with Crippen LogP contribution in [0, 0.1) is 5.41 Å². The van der Waals surface area contributed by atoms with Gasteiger partial charge >= 0.3 is 5.97 Å². The summed E-state index contributed by atoms with van der Waals surface area (Å²) in [5.41, 5.74) is 6.87. The van der Waals surface area contributed by atoms with Crippen molar-refractivity contribution < 1.29 is 9.90 Å². The molecule has 0 bridgehead atoms. The maximum absolute atomic E-state index is 11.7. The van der Waals surface area contributed by atoms with Crippen molar-refractivity contribution in [2.75, 3.05) is 0 Å². The fraction of sp³-hybridized carbons (Fsp3) is 0.179. The van der Waals surface area contributed by atoms with Gasteiger partial charge in [-0.05, 0) is 47.2 Å². The number of carboxylic acid groups (broad SMARTS) is 1. The second-order valence-electron chi connectivity index (χ2n) is 9.05. The molecule has 1 N–H and O–H groups in total. The van der Waals surface area contributed by atoms with Gasteiger partial charge in [-0.1, -0.05) is 87.5 Å². The maximum Gasteiger partial charge on any atom is 0.335 e. The van der Waals surface area contributed by atoms with Gasteiger partial charge in [0.15, 0.2) is 0 Å². The molecule has 0 aliphatic carbocycles. The summed E-state index contributed by atoms with van der Waals surface area (Å²) in [4.78, 5) is 11.7. The minimum Gasteiger partial charge on any atom is -0.478 e. The van der Waals surface area contributed by atoms with E-state index in [1.54, 1.807) is 12.1 Å². The standard InChI is InChI=1S/C28H27NO2/c1-28(2,3)19-26-24(20-11-6-4-7-12-20)18-25(21-13-8-5-9-14-21)29(26)23-16-10-15-22(17-23)27(30)31/h4-18H,19H2,1-3H3,(H,30,31). The second-order valence-corrected chi connectivity index (χ2v) is 9.05. The summed E-state index contributed by atoms with van der Waals surface area (Å²) < 4.78 is 2.23. The molecule has 3 nitrogen and oxygen atoms in total. The van der Waals surface area contributed by atoms with E-state index in [4.69, 9.17) is 0 Å². The Balaban J connectivity index is 2.06. The number of benzene rings is 3. The molecule has 156 valence electrons. The van der Waals surface area contributed by atoms with Crippen LogP contribution in [0.15, 0.2) is 91.0 Å². The van der Waals surface area contributed by atoms with E-state index in [1.807, 2.05) is 36.4 Å². The monoisotopic (exact) mass is 409 g/mol. The quantitative estimate of drug-likeness (QED) is 0.382. The third-order valence-electron chi connectivity index (χ3n) is 5.31. The lowest BCUT2D eigenvalue weighted by molar-refractivity contribution is 0.0697. The van der Waals surface area contributed by atoms with Gasteiger partial charge in [0, 0.05) is 16.9 Å². The number of aromatic carboxylic acids is 1. The molecule has 0 amide bonds. The lowest BCUT2D eigenvalue weighted by Crippen LogP contribution is -2.14. The highest BCUT2D eigenvalue weighted by Crippen LogP contribution is 2.38. The first-order valence-corrected chi connectivity index (χ1v) is 10.5. The van der Waals surface area contributed by atoms with E-state index in [1.165, 1.54) is 11.3 Å². The number of carbonyl (C=O) groups is 1. The third kappa shape index (κ3) is 4.46. The van der Waals surface area contributed by atoms with Gasteiger partial charge in [-0.15, -0.1) is 0 Å². The van der Waals surface area contributed by atoms with Gasteiger partial charge in [-0.25, -0.2) is 4.79 Å². The van der Waals surface area contributed by atoms with Crippen LogP contribution in [0.25, 0.3) is 28.1 Å². The molecule has 1 heterocycles. The first-order chi connectivity index (χ1) is 14.8. The first kappa shape index (κ1) is 20.7. The van der Waals surface area contributed by atoms with Gasteiger partial charge < -0.3 is 9.67 Å². The van der Waals surface area contributed by atoms with Crippen LogP contribution in [0.2, 0.25) is 0 Å². The van der Waals surface area contributed by atoms with Crippen LogP contribution >= 0.6 is 0 Å². The Bertz CT molecular complexity index is 1200. The number of aromatic nitrogens is 1. The van der Waals surface area contributed by atoms with Gasteiger partial charge in [0.05, 0.1) is 11.3 Å². The smallest absolute Gasteiger partial charge is 0.335 e. The third-order valence-corrected chi connectivity index (χ3v) is 5.31.